The maximum absolute atomic E-state index is 4.61. The first-order valence-electron chi connectivity index (χ1n) is 6.69. The Bertz CT molecular complexity index is 875. The largest absolute Gasteiger partial charge is 0.307 e. The van der Waals surface area contributed by atoms with Crippen LogP contribution in [0.15, 0.2) is 36.4 Å². The first-order chi connectivity index (χ1) is 10.2. The molecule has 5 heteroatoms. The molecule has 4 rings (SSSR count). The van der Waals surface area contributed by atoms with Gasteiger partial charge in [0.05, 0.1) is 20.4 Å². The number of aromatic nitrogens is 2. The quantitative estimate of drug-likeness (QED) is 0.548. The summed E-state index contributed by atoms with van der Waals surface area (Å²) in [4.78, 5) is 9.22. The fourth-order valence-electron chi connectivity index (χ4n) is 2.26. The second-order valence-corrected chi connectivity index (χ2v) is 7.17. The van der Waals surface area contributed by atoms with Gasteiger partial charge in [-0.3, -0.25) is 0 Å². The van der Waals surface area contributed by atoms with Crippen molar-refractivity contribution in [2.45, 2.75) is 13.8 Å². The number of hydrogen-bond donors (Lipinski definition) is 1. The van der Waals surface area contributed by atoms with E-state index in [9.17, 15) is 0 Å². The molecule has 0 amide bonds. The molecule has 0 aliphatic rings. The normalized spacial score (nSPS) is 11.3. The highest BCUT2D eigenvalue weighted by molar-refractivity contribution is 7.24. The molecule has 0 atom stereocenters. The van der Waals surface area contributed by atoms with Crippen molar-refractivity contribution in [3.05, 3.63) is 47.5 Å². The molecule has 1 N–H and O–H groups in total. The van der Waals surface area contributed by atoms with Gasteiger partial charge in [0, 0.05) is 0 Å². The molecular formula is C16H13N3S2. The van der Waals surface area contributed by atoms with Crippen molar-refractivity contribution in [3.8, 4) is 0 Å². The van der Waals surface area contributed by atoms with Crippen LogP contribution in [0.1, 0.15) is 11.1 Å². The Morgan fingerprint density at radius 2 is 1.24 bits per heavy atom. The van der Waals surface area contributed by atoms with E-state index >= 15 is 0 Å². The molecule has 4 aromatic rings. The molecule has 2 heterocycles. The van der Waals surface area contributed by atoms with Gasteiger partial charge in [-0.15, -0.1) is 0 Å². The van der Waals surface area contributed by atoms with Crippen LogP contribution in [0.2, 0.25) is 0 Å². The SMILES string of the molecule is Cc1ccc2nc(Nc3nc4ccc(C)cc4s3)sc2c1. The van der Waals surface area contributed by atoms with Crippen LogP contribution >= 0.6 is 22.7 Å². The molecule has 0 radical (unpaired) electrons. The van der Waals surface area contributed by atoms with Crippen LogP contribution in [0, 0.1) is 13.8 Å². The molecule has 3 nitrogen and oxygen atoms in total. The van der Waals surface area contributed by atoms with E-state index in [-0.39, 0.29) is 0 Å². The molecule has 0 spiro atoms. The monoisotopic (exact) mass is 311 g/mol. The number of nitrogens with one attached hydrogen (secondary N) is 1. The molecule has 2 aromatic carbocycles. The summed E-state index contributed by atoms with van der Waals surface area (Å²) in [6.45, 7) is 4.20. The van der Waals surface area contributed by atoms with E-state index in [1.54, 1.807) is 22.7 Å². The highest BCUT2D eigenvalue weighted by Gasteiger charge is 2.08. The van der Waals surface area contributed by atoms with E-state index in [1.807, 2.05) is 0 Å². The van der Waals surface area contributed by atoms with Crippen molar-refractivity contribution in [2.24, 2.45) is 0 Å². The summed E-state index contributed by atoms with van der Waals surface area (Å²) in [5.41, 5.74) is 4.58. The van der Waals surface area contributed by atoms with E-state index in [4.69, 9.17) is 0 Å². The average Bonchev–Trinajstić information content (AvgIpc) is 3.00. The zero-order chi connectivity index (χ0) is 14.4. The molecule has 0 bridgehead atoms. The van der Waals surface area contributed by atoms with Gasteiger partial charge in [0.25, 0.3) is 0 Å². The van der Waals surface area contributed by atoms with Gasteiger partial charge in [-0.05, 0) is 49.2 Å². The number of anilines is 2. The summed E-state index contributed by atoms with van der Waals surface area (Å²) in [6, 6.07) is 12.6. The third kappa shape index (κ3) is 2.39. The maximum atomic E-state index is 4.61. The number of fused-ring (bicyclic) bond motifs is 2. The van der Waals surface area contributed by atoms with Gasteiger partial charge in [0.2, 0.25) is 0 Å². The predicted molar refractivity (Wildman–Crippen MR) is 92.0 cm³/mol. The zero-order valence-corrected chi connectivity index (χ0v) is 13.3. The lowest BCUT2D eigenvalue weighted by Gasteiger charge is -1.93. The number of benzene rings is 2. The molecule has 0 aliphatic heterocycles. The predicted octanol–water partition coefficient (Wildman–Crippen LogP) is 5.27. The van der Waals surface area contributed by atoms with Crippen molar-refractivity contribution < 1.29 is 0 Å². The van der Waals surface area contributed by atoms with Gasteiger partial charge in [-0.25, -0.2) is 9.97 Å². The van der Waals surface area contributed by atoms with Crippen LogP contribution in [-0.4, -0.2) is 9.97 Å². The topological polar surface area (TPSA) is 37.8 Å². The van der Waals surface area contributed by atoms with E-state index in [0.29, 0.717) is 0 Å². The number of rotatable bonds is 2. The Balaban J connectivity index is 1.71. The summed E-state index contributed by atoms with van der Waals surface area (Å²) in [5.74, 6) is 0. The van der Waals surface area contributed by atoms with Gasteiger partial charge < -0.3 is 5.32 Å². The van der Waals surface area contributed by atoms with Gasteiger partial charge >= 0.3 is 0 Å². The molecule has 21 heavy (non-hydrogen) atoms. The standard InChI is InChI=1S/C16H13N3S2/c1-9-3-5-11-13(7-9)20-15(17-11)19-16-18-12-6-4-10(2)8-14(12)21-16/h3-8H,1-2H3,(H,17,18,19). The second-order valence-electron chi connectivity index (χ2n) is 5.11. The van der Waals surface area contributed by atoms with E-state index in [1.165, 1.54) is 20.5 Å². The molecule has 0 aliphatic carbocycles. The highest BCUT2D eigenvalue weighted by atomic mass is 32.1. The van der Waals surface area contributed by atoms with E-state index in [2.05, 4.69) is 65.5 Å². The minimum atomic E-state index is 0.895. The van der Waals surface area contributed by atoms with E-state index < -0.39 is 0 Å². The molecule has 0 saturated carbocycles. The molecule has 2 aromatic heterocycles. The summed E-state index contributed by atoms with van der Waals surface area (Å²) < 4.78 is 2.41. The lowest BCUT2D eigenvalue weighted by Crippen LogP contribution is -1.87. The van der Waals surface area contributed by atoms with Crippen LogP contribution in [0.3, 0.4) is 0 Å². The number of hydrogen-bond acceptors (Lipinski definition) is 5. The fraction of sp³-hybridized carbons (Fsp3) is 0.125. The maximum Gasteiger partial charge on any atom is 0.190 e. The zero-order valence-electron chi connectivity index (χ0n) is 11.7. The lowest BCUT2D eigenvalue weighted by molar-refractivity contribution is 1.39. The van der Waals surface area contributed by atoms with Gasteiger partial charge in [-0.2, -0.15) is 0 Å². The smallest absolute Gasteiger partial charge is 0.190 e. The fourth-order valence-corrected chi connectivity index (χ4v) is 4.25. The minimum Gasteiger partial charge on any atom is -0.307 e. The average molecular weight is 311 g/mol. The van der Waals surface area contributed by atoms with E-state index in [0.717, 1.165) is 21.3 Å². The third-order valence-electron chi connectivity index (χ3n) is 3.30. The number of nitrogens with zero attached hydrogens (tertiary/aromatic N) is 2. The van der Waals surface area contributed by atoms with Crippen LogP contribution in [0.4, 0.5) is 10.3 Å². The summed E-state index contributed by atoms with van der Waals surface area (Å²) in [6.07, 6.45) is 0. The molecule has 0 unspecified atom stereocenters. The summed E-state index contributed by atoms with van der Waals surface area (Å²) in [5, 5.41) is 5.13. The first-order valence-corrected chi connectivity index (χ1v) is 8.32. The number of thiazole rings is 2. The van der Waals surface area contributed by atoms with Crippen LogP contribution in [0.5, 0.6) is 0 Å². The van der Waals surface area contributed by atoms with Crippen molar-refractivity contribution in [1.82, 2.24) is 9.97 Å². The Kier molecular flexibility index (Phi) is 2.90. The van der Waals surface area contributed by atoms with Crippen LogP contribution in [-0.2, 0) is 0 Å². The molecule has 0 saturated heterocycles. The Morgan fingerprint density at radius 1 is 0.762 bits per heavy atom. The minimum absolute atomic E-state index is 0.895. The Morgan fingerprint density at radius 3 is 1.71 bits per heavy atom. The molecule has 104 valence electrons. The molecular weight excluding hydrogens is 298 g/mol. The van der Waals surface area contributed by atoms with Crippen molar-refractivity contribution in [2.75, 3.05) is 5.32 Å². The van der Waals surface area contributed by atoms with Crippen molar-refractivity contribution in [3.63, 3.8) is 0 Å². The van der Waals surface area contributed by atoms with Crippen LogP contribution in [0.25, 0.3) is 20.4 Å². The lowest BCUT2D eigenvalue weighted by atomic mass is 10.2. The van der Waals surface area contributed by atoms with Crippen molar-refractivity contribution in [1.29, 1.82) is 0 Å². The van der Waals surface area contributed by atoms with Crippen molar-refractivity contribution >= 4 is 53.4 Å². The van der Waals surface area contributed by atoms with Gasteiger partial charge in [0.15, 0.2) is 10.3 Å². The third-order valence-corrected chi connectivity index (χ3v) is 5.17. The van der Waals surface area contributed by atoms with Gasteiger partial charge in [-0.1, -0.05) is 34.8 Å². The van der Waals surface area contributed by atoms with Crippen LogP contribution < -0.4 is 5.32 Å². The summed E-state index contributed by atoms with van der Waals surface area (Å²) in [7, 11) is 0. The second kappa shape index (κ2) is 4.79. The highest BCUT2D eigenvalue weighted by Crippen LogP contribution is 2.32. The van der Waals surface area contributed by atoms with Gasteiger partial charge in [0.1, 0.15) is 0 Å². The molecule has 0 fully saturated rings. The Labute approximate surface area is 130 Å². The number of aryl methyl sites for hydroxylation is 2. The first kappa shape index (κ1) is 12.7. The summed E-state index contributed by atoms with van der Waals surface area (Å²) >= 11 is 3.33. The Hall–Kier alpha value is -1.98.